The van der Waals surface area contributed by atoms with Crippen LogP contribution in [0.5, 0.6) is 0 Å². The topological polar surface area (TPSA) is 58.6 Å². The van der Waals surface area contributed by atoms with Crippen LogP contribution in [0, 0.1) is 11.3 Å². The third kappa shape index (κ3) is 5.21. The summed E-state index contributed by atoms with van der Waals surface area (Å²) >= 11 is 0. The molecule has 1 amide bonds. The lowest BCUT2D eigenvalue weighted by atomic mass is 9.81. The molecule has 0 saturated carbocycles. The van der Waals surface area contributed by atoms with Crippen molar-refractivity contribution in [3.63, 3.8) is 0 Å². The maximum atomic E-state index is 11.6. The van der Waals surface area contributed by atoms with Crippen LogP contribution in [0.2, 0.25) is 0 Å². The molecule has 0 spiro atoms. The van der Waals surface area contributed by atoms with Crippen LogP contribution in [0.25, 0.3) is 0 Å². The second kappa shape index (κ2) is 7.29. The molecule has 4 nitrogen and oxygen atoms in total. The molecule has 0 aliphatic heterocycles. The molecule has 1 unspecified atom stereocenters. The first-order valence-electron chi connectivity index (χ1n) is 6.95. The Morgan fingerprint density at radius 2 is 1.90 bits per heavy atom. The third-order valence-corrected chi connectivity index (χ3v) is 3.33. The molecule has 0 radical (unpaired) electrons. The fourth-order valence-electron chi connectivity index (χ4n) is 2.08. The highest BCUT2D eigenvalue weighted by Crippen LogP contribution is 2.25. The third-order valence-electron chi connectivity index (χ3n) is 3.33. The standard InChI is InChI=1S/C16H25NO3/c1-12(2)14(18)16(3,4)11-17-15(19)20-10-13-8-6-5-7-9-13/h5-9,12,14,18H,10-11H2,1-4H3,(H,17,19). The van der Waals surface area contributed by atoms with Crippen LogP contribution in [0.3, 0.4) is 0 Å². The van der Waals surface area contributed by atoms with Crippen LogP contribution in [0.15, 0.2) is 30.3 Å². The highest BCUT2D eigenvalue weighted by molar-refractivity contribution is 5.67. The van der Waals surface area contributed by atoms with E-state index in [4.69, 9.17) is 4.74 Å². The van der Waals surface area contributed by atoms with E-state index in [0.29, 0.717) is 6.54 Å². The van der Waals surface area contributed by atoms with Gasteiger partial charge < -0.3 is 15.2 Å². The van der Waals surface area contributed by atoms with E-state index in [1.54, 1.807) is 0 Å². The van der Waals surface area contributed by atoms with Gasteiger partial charge in [0.15, 0.2) is 0 Å². The van der Waals surface area contributed by atoms with Crippen molar-refractivity contribution in [2.24, 2.45) is 11.3 Å². The average molecular weight is 279 g/mol. The number of aliphatic hydroxyl groups excluding tert-OH is 1. The summed E-state index contributed by atoms with van der Waals surface area (Å²) in [5.41, 5.74) is 0.559. The lowest BCUT2D eigenvalue weighted by Gasteiger charge is -2.33. The molecule has 0 heterocycles. The number of hydrogen-bond acceptors (Lipinski definition) is 3. The number of rotatable bonds is 6. The minimum Gasteiger partial charge on any atom is -0.445 e. The van der Waals surface area contributed by atoms with Crippen LogP contribution in [-0.2, 0) is 11.3 Å². The molecule has 0 aliphatic carbocycles. The second-order valence-electron chi connectivity index (χ2n) is 6.09. The largest absolute Gasteiger partial charge is 0.445 e. The predicted octanol–water partition coefficient (Wildman–Crippen LogP) is 2.96. The monoisotopic (exact) mass is 279 g/mol. The van der Waals surface area contributed by atoms with Crippen LogP contribution >= 0.6 is 0 Å². The Morgan fingerprint density at radius 1 is 1.30 bits per heavy atom. The number of ether oxygens (including phenoxy) is 1. The van der Waals surface area contributed by atoms with Crippen molar-refractivity contribution >= 4 is 6.09 Å². The van der Waals surface area contributed by atoms with Gasteiger partial charge in [-0.1, -0.05) is 58.0 Å². The maximum Gasteiger partial charge on any atom is 0.407 e. The summed E-state index contributed by atoms with van der Waals surface area (Å²) in [5, 5.41) is 12.8. The van der Waals surface area contributed by atoms with Crippen molar-refractivity contribution in [2.45, 2.75) is 40.4 Å². The molecular weight excluding hydrogens is 254 g/mol. The Kier molecular flexibility index (Phi) is 6.02. The summed E-state index contributed by atoms with van der Waals surface area (Å²) < 4.78 is 5.13. The minimum atomic E-state index is -0.475. The molecule has 0 aromatic heterocycles. The summed E-state index contributed by atoms with van der Waals surface area (Å²) in [4.78, 5) is 11.6. The Balaban J connectivity index is 2.36. The van der Waals surface area contributed by atoms with Gasteiger partial charge in [-0.05, 0) is 11.5 Å². The first-order chi connectivity index (χ1) is 9.33. The summed E-state index contributed by atoms with van der Waals surface area (Å²) in [7, 11) is 0. The van der Waals surface area contributed by atoms with Crippen LogP contribution < -0.4 is 5.32 Å². The zero-order valence-electron chi connectivity index (χ0n) is 12.7. The zero-order valence-corrected chi connectivity index (χ0v) is 12.7. The van der Waals surface area contributed by atoms with E-state index in [-0.39, 0.29) is 17.9 Å². The Morgan fingerprint density at radius 3 is 2.45 bits per heavy atom. The molecule has 20 heavy (non-hydrogen) atoms. The lowest BCUT2D eigenvalue weighted by Crippen LogP contribution is -2.43. The highest BCUT2D eigenvalue weighted by atomic mass is 16.5. The van der Waals surface area contributed by atoms with Gasteiger partial charge in [0, 0.05) is 12.0 Å². The van der Waals surface area contributed by atoms with Crippen LogP contribution in [0.1, 0.15) is 33.3 Å². The zero-order chi connectivity index (χ0) is 15.2. The summed E-state index contributed by atoms with van der Waals surface area (Å²) in [6, 6.07) is 9.52. The Labute approximate surface area is 121 Å². The molecule has 112 valence electrons. The maximum absolute atomic E-state index is 11.6. The Bertz CT molecular complexity index is 415. The first-order valence-corrected chi connectivity index (χ1v) is 6.95. The van der Waals surface area contributed by atoms with E-state index < -0.39 is 12.2 Å². The molecule has 4 heteroatoms. The number of amides is 1. The van der Waals surface area contributed by atoms with Gasteiger partial charge in [0.2, 0.25) is 0 Å². The number of alkyl carbamates (subject to hydrolysis) is 1. The smallest absolute Gasteiger partial charge is 0.407 e. The summed E-state index contributed by atoms with van der Waals surface area (Å²) in [5.74, 6) is 0.145. The molecule has 1 rings (SSSR count). The van der Waals surface area contributed by atoms with E-state index in [1.165, 1.54) is 0 Å². The van der Waals surface area contributed by atoms with E-state index in [1.807, 2.05) is 58.0 Å². The summed E-state index contributed by atoms with van der Waals surface area (Å²) in [6.07, 6.45) is -0.935. The second-order valence-corrected chi connectivity index (χ2v) is 6.09. The predicted molar refractivity (Wildman–Crippen MR) is 79.3 cm³/mol. The lowest BCUT2D eigenvalue weighted by molar-refractivity contribution is 0.0131. The van der Waals surface area contributed by atoms with Crippen molar-refractivity contribution < 1.29 is 14.6 Å². The fraction of sp³-hybridized carbons (Fsp3) is 0.562. The number of carbonyl (C=O) groups excluding carboxylic acids is 1. The van der Waals surface area contributed by atoms with Gasteiger partial charge in [-0.25, -0.2) is 4.79 Å². The van der Waals surface area contributed by atoms with Crippen molar-refractivity contribution in [1.82, 2.24) is 5.32 Å². The fourth-order valence-corrected chi connectivity index (χ4v) is 2.08. The van der Waals surface area contributed by atoms with Gasteiger partial charge in [0.1, 0.15) is 6.61 Å². The summed E-state index contributed by atoms with van der Waals surface area (Å²) in [6.45, 7) is 8.39. The van der Waals surface area contributed by atoms with Crippen molar-refractivity contribution in [3.05, 3.63) is 35.9 Å². The van der Waals surface area contributed by atoms with Crippen LogP contribution in [-0.4, -0.2) is 23.8 Å². The molecule has 1 atom stereocenters. The van der Waals surface area contributed by atoms with Gasteiger partial charge in [-0.2, -0.15) is 0 Å². The van der Waals surface area contributed by atoms with Crippen molar-refractivity contribution in [1.29, 1.82) is 0 Å². The molecule has 0 bridgehead atoms. The number of benzene rings is 1. The molecule has 0 fully saturated rings. The normalized spacial score (nSPS) is 13.1. The quantitative estimate of drug-likeness (QED) is 0.841. The SMILES string of the molecule is CC(C)C(O)C(C)(C)CNC(=O)OCc1ccccc1. The first kappa shape index (κ1) is 16.5. The molecule has 1 aromatic rings. The van der Waals surface area contributed by atoms with Gasteiger partial charge in [0.05, 0.1) is 6.10 Å². The Hall–Kier alpha value is -1.55. The van der Waals surface area contributed by atoms with E-state index in [9.17, 15) is 9.90 Å². The van der Waals surface area contributed by atoms with Gasteiger partial charge in [0.25, 0.3) is 0 Å². The van der Waals surface area contributed by atoms with Crippen molar-refractivity contribution in [3.8, 4) is 0 Å². The molecular formula is C16H25NO3. The van der Waals surface area contributed by atoms with Gasteiger partial charge in [-0.15, -0.1) is 0 Å². The molecule has 0 saturated heterocycles. The average Bonchev–Trinajstić information content (AvgIpc) is 2.43. The van der Waals surface area contributed by atoms with Gasteiger partial charge in [-0.3, -0.25) is 0 Å². The van der Waals surface area contributed by atoms with E-state index >= 15 is 0 Å². The minimum absolute atomic E-state index is 0.145. The van der Waals surface area contributed by atoms with E-state index in [2.05, 4.69) is 5.32 Å². The molecule has 0 aliphatic rings. The number of hydrogen-bond donors (Lipinski definition) is 2. The van der Waals surface area contributed by atoms with Crippen LogP contribution in [0.4, 0.5) is 4.79 Å². The molecule has 1 aromatic carbocycles. The van der Waals surface area contributed by atoms with Gasteiger partial charge >= 0.3 is 6.09 Å². The van der Waals surface area contributed by atoms with E-state index in [0.717, 1.165) is 5.56 Å². The van der Waals surface area contributed by atoms with Crippen molar-refractivity contribution in [2.75, 3.05) is 6.54 Å². The number of aliphatic hydroxyl groups is 1. The number of carbonyl (C=O) groups is 1. The highest BCUT2D eigenvalue weighted by Gasteiger charge is 2.30. The number of nitrogens with one attached hydrogen (secondary N) is 1. The molecule has 2 N–H and O–H groups in total.